The van der Waals surface area contributed by atoms with Crippen LogP contribution in [-0.2, 0) is 46.2 Å². The molecule has 1 spiro atoms. The smallest absolute Gasteiger partial charge is 0.378 e. The van der Waals surface area contributed by atoms with Gasteiger partial charge in [0, 0.05) is 54.1 Å². The van der Waals surface area contributed by atoms with Crippen molar-refractivity contribution >= 4 is 53.1 Å². The molecule has 3 bridgehead atoms. The van der Waals surface area contributed by atoms with Gasteiger partial charge in [-0.05, 0) is 0 Å². The molecular weight excluding hydrogens is 441 g/mol. The second-order valence-electron chi connectivity index (χ2n) is 6.24. The molecule has 0 N–H and O–H groups in total. The van der Waals surface area contributed by atoms with E-state index in [4.69, 9.17) is 46.2 Å². The van der Waals surface area contributed by atoms with Crippen LogP contribution in [-0.4, -0.2) is 74.4 Å². The summed E-state index contributed by atoms with van der Waals surface area (Å²) in [6.45, 7) is 8.65. The summed E-state index contributed by atoms with van der Waals surface area (Å²) in [7, 11) is -15.2. The first kappa shape index (κ1) is 20.6. The Morgan fingerprint density at radius 1 is 0.440 bits per heavy atom. The van der Waals surface area contributed by atoms with E-state index in [0.29, 0.717) is 0 Å². The average Bonchev–Trinajstić information content (AvgIpc) is 2.42. The zero-order chi connectivity index (χ0) is 18.8. The van der Waals surface area contributed by atoms with E-state index in [1.165, 1.54) is 21.3 Å². The van der Waals surface area contributed by atoms with E-state index in [2.05, 4.69) is 0 Å². The maximum atomic E-state index is 6.19. The Bertz CT molecular complexity index is 557. The van der Waals surface area contributed by atoms with Crippen molar-refractivity contribution in [1.82, 2.24) is 0 Å². The largest absolute Gasteiger partial charge is 0.649 e. The molecule has 11 nitrogen and oxygen atoms in total. The van der Waals surface area contributed by atoms with Gasteiger partial charge in [-0.1, -0.05) is 0 Å². The third-order valence-corrected chi connectivity index (χ3v) is 27.9. The van der Waals surface area contributed by atoms with Crippen LogP contribution in [0.25, 0.3) is 0 Å². The van der Waals surface area contributed by atoms with Crippen molar-refractivity contribution in [3.05, 3.63) is 0 Å². The molecule has 17 heteroatoms. The normalized spacial score (nSPS) is 56.2. The molecule has 3 heterocycles. The molecule has 3 saturated heterocycles. The zero-order valence-electron chi connectivity index (χ0n) is 15.5. The first-order valence-electron chi connectivity index (χ1n) is 7.60. The third-order valence-electron chi connectivity index (χ3n) is 3.84. The van der Waals surface area contributed by atoms with Gasteiger partial charge in [0.1, 0.15) is 0 Å². The molecule has 0 aromatic heterocycles. The predicted octanol–water partition coefficient (Wildman–Crippen LogP) is 0.378. The second kappa shape index (κ2) is 6.18. The van der Waals surface area contributed by atoms with Crippen LogP contribution in [0.3, 0.4) is 0 Å². The summed E-state index contributed by atoms with van der Waals surface area (Å²) in [6, 6.07) is 0. The second-order valence-corrected chi connectivity index (χ2v) is 23.6. The minimum absolute atomic E-state index is 1.49. The van der Waals surface area contributed by atoms with Gasteiger partial charge in [0.2, 0.25) is 0 Å². The number of fused-ring (bicyclic) bond motifs is 2. The number of rotatable bonds is 3. The van der Waals surface area contributed by atoms with E-state index in [-0.39, 0.29) is 0 Å². The lowest BCUT2D eigenvalue weighted by Crippen LogP contribution is -2.84. The fourth-order valence-electron chi connectivity index (χ4n) is 2.82. The van der Waals surface area contributed by atoms with E-state index in [0.717, 1.165) is 0 Å². The topological polar surface area (TPSA) is 102 Å². The first-order chi connectivity index (χ1) is 11.3. The molecule has 0 aromatic carbocycles. The van der Waals surface area contributed by atoms with E-state index >= 15 is 0 Å². The Labute approximate surface area is 153 Å². The third kappa shape index (κ3) is 3.88. The lowest BCUT2D eigenvalue weighted by Gasteiger charge is -2.56. The van der Waals surface area contributed by atoms with E-state index in [1.807, 2.05) is 0 Å². The van der Waals surface area contributed by atoms with Crippen molar-refractivity contribution in [2.24, 2.45) is 0 Å². The highest BCUT2D eigenvalue weighted by Gasteiger charge is 2.78. The molecule has 0 radical (unpaired) electrons. The molecule has 146 valence electrons. The highest BCUT2D eigenvalue weighted by molar-refractivity contribution is 6.98. The molecule has 3 aliphatic rings. The van der Waals surface area contributed by atoms with Gasteiger partial charge in [-0.3, -0.25) is 0 Å². The lowest BCUT2D eigenvalue weighted by molar-refractivity contribution is -0.0453. The van der Waals surface area contributed by atoms with Crippen molar-refractivity contribution in [2.75, 3.05) is 21.3 Å². The molecule has 0 amide bonds. The monoisotopic (exact) mass is 464 g/mol. The molecule has 0 saturated carbocycles. The lowest BCUT2D eigenvalue weighted by atomic mass is 11.8. The SMILES string of the molecule is CO[Si]1(C)O[Si](C)(OC)O[Si]23O[Si](C)(OC)O[Si](C)(O[Si](C)(O1)O2)O3. The molecule has 3 rings (SSSR count). The van der Waals surface area contributed by atoms with Gasteiger partial charge in [0.15, 0.2) is 0 Å². The fraction of sp³-hybridized carbons (Fsp3) is 1.00. The number of hydrogen-bond acceptors (Lipinski definition) is 11. The molecule has 0 aliphatic carbocycles. The molecule has 3 fully saturated rings. The Hall–Kier alpha value is 0.861. The van der Waals surface area contributed by atoms with Crippen LogP contribution in [0.4, 0.5) is 0 Å². The molecule has 6 atom stereocenters. The molecule has 3 aliphatic heterocycles. The van der Waals surface area contributed by atoms with Gasteiger partial charge in [0.25, 0.3) is 0 Å². The summed E-state index contributed by atoms with van der Waals surface area (Å²) in [5, 5.41) is 0. The van der Waals surface area contributed by atoms with E-state index in [9.17, 15) is 0 Å². The summed E-state index contributed by atoms with van der Waals surface area (Å²) in [5.41, 5.74) is 0. The van der Waals surface area contributed by atoms with E-state index < -0.39 is 53.1 Å². The highest BCUT2D eigenvalue weighted by atomic mass is 28.6. The Kier molecular flexibility index (Phi) is 5.09. The van der Waals surface area contributed by atoms with Gasteiger partial charge in [-0.2, -0.15) is 0 Å². The molecule has 0 aromatic rings. The van der Waals surface area contributed by atoms with Crippen LogP contribution in [0.2, 0.25) is 32.7 Å². The van der Waals surface area contributed by atoms with Crippen LogP contribution in [0.15, 0.2) is 0 Å². The summed E-state index contributed by atoms with van der Waals surface area (Å²) in [6.07, 6.45) is 0. The van der Waals surface area contributed by atoms with Crippen molar-refractivity contribution in [3.63, 3.8) is 0 Å². The van der Waals surface area contributed by atoms with Gasteiger partial charge < -0.3 is 46.2 Å². The van der Waals surface area contributed by atoms with Gasteiger partial charge >= 0.3 is 53.1 Å². The summed E-state index contributed by atoms with van der Waals surface area (Å²) in [5.74, 6) is 0. The standard InChI is InChI=1S/C8H24O11Si6/c1-9-20(4)12-21(5,10-2)16-25-17-22(6,11-3)14-24(8,19-25)15-23(7,13-20)18-25/h1-8H3. The fourth-order valence-corrected chi connectivity index (χ4v) is 31.0. The predicted molar refractivity (Wildman–Crippen MR) is 93.6 cm³/mol. The Morgan fingerprint density at radius 2 is 0.800 bits per heavy atom. The van der Waals surface area contributed by atoms with Crippen molar-refractivity contribution in [1.29, 1.82) is 0 Å². The number of hydrogen-bond donors (Lipinski definition) is 0. The maximum absolute atomic E-state index is 6.19. The van der Waals surface area contributed by atoms with Crippen LogP contribution < -0.4 is 0 Å². The van der Waals surface area contributed by atoms with Gasteiger partial charge in [-0.15, -0.1) is 0 Å². The van der Waals surface area contributed by atoms with E-state index in [1.54, 1.807) is 32.7 Å². The summed E-state index contributed by atoms with van der Waals surface area (Å²) in [4.78, 5) is 0. The minimum Gasteiger partial charge on any atom is -0.378 e. The van der Waals surface area contributed by atoms with Crippen LogP contribution in [0.5, 0.6) is 0 Å². The Morgan fingerprint density at radius 3 is 1.20 bits per heavy atom. The van der Waals surface area contributed by atoms with Crippen LogP contribution in [0, 0.1) is 0 Å². The van der Waals surface area contributed by atoms with Gasteiger partial charge in [-0.25, -0.2) is 0 Å². The minimum atomic E-state index is -3.73. The summed E-state index contributed by atoms with van der Waals surface area (Å²) >= 11 is 0. The van der Waals surface area contributed by atoms with Crippen LogP contribution in [0.1, 0.15) is 0 Å². The highest BCUT2D eigenvalue weighted by Crippen LogP contribution is 2.44. The first-order valence-corrected chi connectivity index (χ1v) is 20.4. The van der Waals surface area contributed by atoms with Crippen molar-refractivity contribution < 1.29 is 46.2 Å². The average molecular weight is 465 g/mol. The maximum Gasteiger partial charge on any atom is 0.649 e. The molecular formula is C8H24O11Si6. The Balaban J connectivity index is 2.07. The van der Waals surface area contributed by atoms with Crippen LogP contribution >= 0.6 is 0 Å². The molecule has 25 heavy (non-hydrogen) atoms. The van der Waals surface area contributed by atoms with Crippen molar-refractivity contribution in [3.8, 4) is 0 Å². The quantitative estimate of drug-likeness (QED) is 0.542. The van der Waals surface area contributed by atoms with Gasteiger partial charge in [0.05, 0.1) is 0 Å². The summed E-state index contributed by atoms with van der Waals surface area (Å²) < 4.78 is 65.2. The van der Waals surface area contributed by atoms with Crippen molar-refractivity contribution in [2.45, 2.75) is 32.7 Å². The molecule has 6 unspecified atom stereocenters. The zero-order valence-corrected chi connectivity index (χ0v) is 21.5.